The lowest BCUT2D eigenvalue weighted by Gasteiger charge is -2.00. The maximum atomic E-state index is 5.22. The molecule has 0 amide bonds. The molecule has 4 heteroatoms. The zero-order valence-corrected chi connectivity index (χ0v) is 12.9. The molecular weight excluding hydrogens is 274 g/mol. The summed E-state index contributed by atoms with van der Waals surface area (Å²) in [5.74, 6) is 1.89. The summed E-state index contributed by atoms with van der Waals surface area (Å²) in [5, 5.41) is 0. The van der Waals surface area contributed by atoms with E-state index in [2.05, 4.69) is 52.7 Å². The van der Waals surface area contributed by atoms with Gasteiger partial charge in [0.2, 0.25) is 0 Å². The van der Waals surface area contributed by atoms with Crippen LogP contribution < -0.4 is 4.74 Å². The first-order chi connectivity index (χ1) is 10.7. The van der Waals surface area contributed by atoms with Gasteiger partial charge < -0.3 is 13.7 Å². The molecule has 0 radical (unpaired) electrons. The summed E-state index contributed by atoms with van der Waals surface area (Å²) in [5.41, 5.74) is 5.68. The van der Waals surface area contributed by atoms with Crippen molar-refractivity contribution in [3.8, 4) is 16.9 Å². The number of imidazole rings is 1. The van der Waals surface area contributed by atoms with Crippen molar-refractivity contribution in [3.63, 3.8) is 0 Å². The van der Waals surface area contributed by atoms with E-state index in [1.165, 1.54) is 11.1 Å². The largest absolute Gasteiger partial charge is 0.497 e. The highest BCUT2D eigenvalue weighted by Gasteiger charge is 2.10. The molecule has 0 atom stereocenters. The molecule has 0 aliphatic rings. The van der Waals surface area contributed by atoms with Crippen LogP contribution >= 0.6 is 0 Å². The van der Waals surface area contributed by atoms with Crippen LogP contribution in [-0.4, -0.2) is 21.1 Å². The van der Waals surface area contributed by atoms with Crippen LogP contribution in [0, 0.1) is 6.92 Å². The van der Waals surface area contributed by atoms with Crippen LogP contribution in [0.4, 0.5) is 0 Å². The van der Waals surface area contributed by atoms with Crippen molar-refractivity contribution in [2.75, 3.05) is 7.11 Å². The average molecular weight is 291 g/mol. The minimum atomic E-state index is 0.871. The molecule has 0 aliphatic carbocycles. The standard InChI is InChI=1S/C18H17N3O/c1-12-19-18-16(20(12)2)8-9-21-11-14(10-17(18)21)13-4-6-15(22-3)7-5-13/h4-11H,1-3H3. The van der Waals surface area contributed by atoms with Crippen molar-refractivity contribution in [2.45, 2.75) is 6.92 Å². The molecule has 0 spiro atoms. The highest BCUT2D eigenvalue weighted by Crippen LogP contribution is 2.28. The van der Waals surface area contributed by atoms with Crippen LogP contribution in [0.25, 0.3) is 27.7 Å². The molecule has 0 saturated heterocycles. The van der Waals surface area contributed by atoms with Crippen molar-refractivity contribution in [1.29, 1.82) is 0 Å². The lowest BCUT2D eigenvalue weighted by Crippen LogP contribution is -1.90. The Balaban J connectivity index is 1.92. The van der Waals surface area contributed by atoms with Gasteiger partial charge in [-0.25, -0.2) is 4.98 Å². The lowest BCUT2D eigenvalue weighted by molar-refractivity contribution is 0.415. The molecule has 0 fully saturated rings. The predicted molar refractivity (Wildman–Crippen MR) is 88.4 cm³/mol. The van der Waals surface area contributed by atoms with Crippen LogP contribution in [0.3, 0.4) is 0 Å². The molecule has 0 bridgehead atoms. The number of nitrogens with zero attached hydrogens (tertiary/aromatic N) is 3. The lowest BCUT2D eigenvalue weighted by atomic mass is 10.1. The van der Waals surface area contributed by atoms with E-state index in [1.807, 2.05) is 19.1 Å². The number of methoxy groups -OCH3 is 1. The third kappa shape index (κ3) is 1.80. The van der Waals surface area contributed by atoms with Gasteiger partial charge in [-0.05, 0) is 36.8 Å². The highest BCUT2D eigenvalue weighted by atomic mass is 16.5. The van der Waals surface area contributed by atoms with Gasteiger partial charge in [0.15, 0.2) is 0 Å². The summed E-state index contributed by atoms with van der Waals surface area (Å²) < 4.78 is 9.47. The Morgan fingerprint density at radius 1 is 1.00 bits per heavy atom. The van der Waals surface area contributed by atoms with Crippen LogP contribution in [0.5, 0.6) is 5.75 Å². The van der Waals surface area contributed by atoms with Gasteiger partial charge in [-0.3, -0.25) is 0 Å². The minimum absolute atomic E-state index is 0.871. The SMILES string of the molecule is COc1ccc(-c2cc3c4nc(C)n(C)c4ccn3c2)cc1. The number of ether oxygens (including phenoxy) is 1. The monoisotopic (exact) mass is 291 g/mol. The van der Waals surface area contributed by atoms with Crippen molar-refractivity contribution < 1.29 is 4.74 Å². The zero-order chi connectivity index (χ0) is 15.3. The number of pyridine rings is 1. The fraction of sp³-hybridized carbons (Fsp3) is 0.167. The minimum Gasteiger partial charge on any atom is -0.497 e. The van der Waals surface area contributed by atoms with Gasteiger partial charge >= 0.3 is 0 Å². The maximum Gasteiger partial charge on any atom is 0.118 e. The predicted octanol–water partition coefficient (Wildman–Crippen LogP) is 3.81. The van der Waals surface area contributed by atoms with Gasteiger partial charge in [0.1, 0.15) is 17.1 Å². The van der Waals surface area contributed by atoms with Crippen molar-refractivity contribution in [1.82, 2.24) is 14.0 Å². The van der Waals surface area contributed by atoms with E-state index in [0.29, 0.717) is 0 Å². The van der Waals surface area contributed by atoms with Gasteiger partial charge in [0.25, 0.3) is 0 Å². The molecule has 3 heterocycles. The number of hydrogen-bond donors (Lipinski definition) is 0. The molecule has 0 N–H and O–H groups in total. The Bertz CT molecular complexity index is 977. The summed E-state index contributed by atoms with van der Waals surface area (Å²) in [4.78, 5) is 4.70. The summed E-state index contributed by atoms with van der Waals surface area (Å²) in [6.45, 7) is 2.03. The maximum absolute atomic E-state index is 5.22. The fourth-order valence-electron chi connectivity index (χ4n) is 2.89. The summed E-state index contributed by atoms with van der Waals surface area (Å²) >= 11 is 0. The Kier molecular flexibility index (Phi) is 2.73. The third-order valence-corrected chi connectivity index (χ3v) is 4.27. The molecule has 1 aromatic carbocycles. The van der Waals surface area contributed by atoms with E-state index in [-0.39, 0.29) is 0 Å². The van der Waals surface area contributed by atoms with Gasteiger partial charge in [0.05, 0.1) is 18.1 Å². The molecule has 0 unspecified atom stereocenters. The smallest absolute Gasteiger partial charge is 0.118 e. The normalized spacial score (nSPS) is 11.4. The molecule has 4 aromatic rings. The van der Waals surface area contributed by atoms with E-state index in [4.69, 9.17) is 9.72 Å². The van der Waals surface area contributed by atoms with E-state index < -0.39 is 0 Å². The molecule has 0 saturated carbocycles. The van der Waals surface area contributed by atoms with Crippen LogP contribution in [-0.2, 0) is 7.05 Å². The fourth-order valence-corrected chi connectivity index (χ4v) is 2.89. The number of benzene rings is 1. The molecule has 0 aliphatic heterocycles. The Morgan fingerprint density at radius 3 is 2.50 bits per heavy atom. The number of aryl methyl sites for hydroxylation is 2. The van der Waals surface area contributed by atoms with Crippen molar-refractivity contribution >= 4 is 16.6 Å². The number of fused-ring (bicyclic) bond motifs is 3. The van der Waals surface area contributed by atoms with Crippen molar-refractivity contribution in [2.24, 2.45) is 7.05 Å². The summed E-state index contributed by atoms with van der Waals surface area (Å²) in [6.07, 6.45) is 4.23. The van der Waals surface area contributed by atoms with Crippen molar-refractivity contribution in [3.05, 3.63) is 54.6 Å². The summed E-state index contributed by atoms with van der Waals surface area (Å²) in [7, 11) is 3.73. The average Bonchev–Trinajstić information content (AvgIpc) is 3.10. The van der Waals surface area contributed by atoms with Crippen LogP contribution in [0.1, 0.15) is 5.82 Å². The summed E-state index contributed by atoms with van der Waals surface area (Å²) in [6, 6.07) is 12.4. The van der Waals surface area contributed by atoms with E-state index in [1.54, 1.807) is 7.11 Å². The van der Waals surface area contributed by atoms with Gasteiger partial charge in [0, 0.05) is 25.0 Å². The topological polar surface area (TPSA) is 31.5 Å². The molecule has 4 rings (SSSR count). The number of rotatable bonds is 2. The third-order valence-electron chi connectivity index (χ3n) is 4.27. The molecular formula is C18H17N3O. The quantitative estimate of drug-likeness (QED) is 0.562. The van der Waals surface area contributed by atoms with E-state index in [9.17, 15) is 0 Å². The van der Waals surface area contributed by atoms with Crippen LogP contribution in [0.2, 0.25) is 0 Å². The zero-order valence-electron chi connectivity index (χ0n) is 12.9. The first kappa shape index (κ1) is 13.0. The van der Waals surface area contributed by atoms with Gasteiger partial charge in [-0.15, -0.1) is 0 Å². The highest BCUT2D eigenvalue weighted by molar-refractivity contribution is 5.93. The number of hydrogen-bond acceptors (Lipinski definition) is 2. The first-order valence-corrected chi connectivity index (χ1v) is 7.25. The molecule has 22 heavy (non-hydrogen) atoms. The molecule has 3 aromatic heterocycles. The van der Waals surface area contributed by atoms with Gasteiger partial charge in [-0.1, -0.05) is 12.1 Å². The van der Waals surface area contributed by atoms with E-state index in [0.717, 1.165) is 28.1 Å². The second-order valence-corrected chi connectivity index (χ2v) is 5.52. The molecule has 110 valence electrons. The van der Waals surface area contributed by atoms with E-state index >= 15 is 0 Å². The van der Waals surface area contributed by atoms with Gasteiger partial charge in [-0.2, -0.15) is 0 Å². The Labute approximate surface area is 128 Å². The second-order valence-electron chi connectivity index (χ2n) is 5.52. The first-order valence-electron chi connectivity index (χ1n) is 7.25. The second kappa shape index (κ2) is 4.63. The number of aromatic nitrogens is 3. The Morgan fingerprint density at radius 2 is 1.77 bits per heavy atom. The Hall–Kier alpha value is -2.75. The molecule has 4 nitrogen and oxygen atoms in total. The van der Waals surface area contributed by atoms with Crippen LogP contribution in [0.15, 0.2) is 48.8 Å².